The summed E-state index contributed by atoms with van der Waals surface area (Å²) in [5.41, 5.74) is 0. The smallest absolute Gasteiger partial charge is 0.0459 e. The summed E-state index contributed by atoms with van der Waals surface area (Å²) in [6.07, 6.45) is 10.2. The highest BCUT2D eigenvalue weighted by atomic mass is 16.3. The molecule has 2 aliphatic rings. The van der Waals surface area contributed by atoms with E-state index in [2.05, 4.69) is 12.7 Å². The minimum atomic E-state index is 0.396. The topological polar surface area (TPSA) is 20.2 Å². The Morgan fingerprint density at radius 2 is 2.07 bits per heavy atom. The van der Waals surface area contributed by atoms with E-state index in [1.54, 1.807) is 0 Å². The lowest BCUT2D eigenvalue weighted by Crippen LogP contribution is -2.34. The zero-order valence-electron chi connectivity index (χ0n) is 8.99. The second kappa shape index (κ2) is 4.48. The van der Waals surface area contributed by atoms with Crippen molar-refractivity contribution >= 4 is 0 Å². The standard InChI is InChI=1S/C13H22O/c1-2-11-4-3-5-12-7-6-10(9-14)8-13(11)12/h2,10-14H,1,3-9H2. The van der Waals surface area contributed by atoms with Crippen molar-refractivity contribution in [2.24, 2.45) is 23.7 Å². The van der Waals surface area contributed by atoms with Crippen molar-refractivity contribution in [1.82, 2.24) is 0 Å². The fourth-order valence-electron chi connectivity index (χ4n) is 3.53. The summed E-state index contributed by atoms with van der Waals surface area (Å²) in [6.45, 7) is 4.36. The highest BCUT2D eigenvalue weighted by Crippen LogP contribution is 2.45. The van der Waals surface area contributed by atoms with Crippen molar-refractivity contribution in [3.05, 3.63) is 12.7 Å². The number of fused-ring (bicyclic) bond motifs is 1. The van der Waals surface area contributed by atoms with Gasteiger partial charge in [-0.2, -0.15) is 0 Å². The van der Waals surface area contributed by atoms with Crippen LogP contribution in [0.2, 0.25) is 0 Å². The molecular formula is C13H22O. The van der Waals surface area contributed by atoms with Gasteiger partial charge in [0.25, 0.3) is 0 Å². The van der Waals surface area contributed by atoms with Crippen LogP contribution in [-0.2, 0) is 0 Å². The lowest BCUT2D eigenvalue weighted by atomic mass is 9.63. The molecule has 4 atom stereocenters. The van der Waals surface area contributed by atoms with Crippen LogP contribution in [0.4, 0.5) is 0 Å². The van der Waals surface area contributed by atoms with E-state index in [1.165, 1.54) is 38.5 Å². The van der Waals surface area contributed by atoms with E-state index in [-0.39, 0.29) is 0 Å². The fourth-order valence-corrected chi connectivity index (χ4v) is 3.53. The van der Waals surface area contributed by atoms with Gasteiger partial charge in [-0.25, -0.2) is 0 Å². The van der Waals surface area contributed by atoms with Crippen LogP contribution in [0.3, 0.4) is 0 Å². The molecule has 0 amide bonds. The number of aliphatic hydroxyl groups is 1. The van der Waals surface area contributed by atoms with Crippen LogP contribution in [0.25, 0.3) is 0 Å². The molecule has 1 nitrogen and oxygen atoms in total. The van der Waals surface area contributed by atoms with Crippen LogP contribution in [0.5, 0.6) is 0 Å². The quantitative estimate of drug-likeness (QED) is 0.670. The molecule has 0 aromatic heterocycles. The zero-order chi connectivity index (χ0) is 9.97. The molecule has 1 N–H and O–H groups in total. The van der Waals surface area contributed by atoms with Gasteiger partial charge in [-0.15, -0.1) is 6.58 Å². The summed E-state index contributed by atoms with van der Waals surface area (Å²) in [5, 5.41) is 9.21. The van der Waals surface area contributed by atoms with Gasteiger partial charge in [-0.05, 0) is 49.4 Å². The molecule has 0 aromatic rings. The average Bonchev–Trinajstić information content (AvgIpc) is 2.27. The highest BCUT2D eigenvalue weighted by molar-refractivity contribution is 4.94. The fraction of sp³-hybridized carbons (Fsp3) is 0.846. The molecule has 0 heterocycles. The first-order valence-corrected chi connectivity index (χ1v) is 6.08. The summed E-state index contributed by atoms with van der Waals surface area (Å²) in [5.74, 6) is 3.10. The Balaban J connectivity index is 2.02. The molecule has 0 saturated heterocycles. The molecule has 0 bridgehead atoms. The SMILES string of the molecule is C=CC1CCCC2CCC(CO)CC12. The van der Waals surface area contributed by atoms with E-state index in [9.17, 15) is 5.11 Å². The van der Waals surface area contributed by atoms with Crippen molar-refractivity contribution < 1.29 is 5.11 Å². The van der Waals surface area contributed by atoms with Gasteiger partial charge >= 0.3 is 0 Å². The summed E-state index contributed by atoms with van der Waals surface area (Å²) < 4.78 is 0. The van der Waals surface area contributed by atoms with Gasteiger partial charge < -0.3 is 5.11 Å². The molecular weight excluding hydrogens is 172 g/mol. The summed E-state index contributed by atoms with van der Waals surface area (Å²) in [4.78, 5) is 0. The largest absolute Gasteiger partial charge is 0.396 e. The molecule has 0 radical (unpaired) electrons. The van der Waals surface area contributed by atoms with Gasteiger partial charge in [0.15, 0.2) is 0 Å². The van der Waals surface area contributed by atoms with Crippen molar-refractivity contribution in [1.29, 1.82) is 0 Å². The van der Waals surface area contributed by atoms with E-state index >= 15 is 0 Å². The number of hydrogen-bond acceptors (Lipinski definition) is 1. The summed E-state index contributed by atoms with van der Waals surface area (Å²) >= 11 is 0. The molecule has 2 fully saturated rings. The molecule has 0 spiro atoms. The normalized spacial score (nSPS) is 42.9. The minimum Gasteiger partial charge on any atom is -0.396 e. The van der Waals surface area contributed by atoms with Gasteiger partial charge in [0.2, 0.25) is 0 Å². The van der Waals surface area contributed by atoms with Crippen LogP contribution < -0.4 is 0 Å². The first kappa shape index (κ1) is 10.2. The van der Waals surface area contributed by atoms with Crippen LogP contribution >= 0.6 is 0 Å². The second-order valence-corrected chi connectivity index (χ2v) is 5.12. The highest BCUT2D eigenvalue weighted by Gasteiger charge is 2.36. The third-order valence-corrected chi connectivity index (χ3v) is 4.38. The predicted octanol–water partition coefficient (Wildman–Crippen LogP) is 3.00. The molecule has 1 heteroatoms. The van der Waals surface area contributed by atoms with Crippen LogP contribution in [0.1, 0.15) is 38.5 Å². The van der Waals surface area contributed by atoms with E-state index in [4.69, 9.17) is 0 Å². The van der Waals surface area contributed by atoms with Crippen molar-refractivity contribution in [2.75, 3.05) is 6.61 Å². The van der Waals surface area contributed by atoms with E-state index < -0.39 is 0 Å². The Morgan fingerprint density at radius 1 is 1.21 bits per heavy atom. The first-order valence-electron chi connectivity index (χ1n) is 6.08. The van der Waals surface area contributed by atoms with Crippen molar-refractivity contribution in [3.8, 4) is 0 Å². The Labute approximate surface area is 87.2 Å². The maximum Gasteiger partial charge on any atom is 0.0459 e. The maximum atomic E-state index is 9.21. The van der Waals surface area contributed by atoms with E-state index in [0.717, 1.165) is 17.8 Å². The Kier molecular flexibility index (Phi) is 3.27. The third-order valence-electron chi connectivity index (χ3n) is 4.38. The predicted molar refractivity (Wildman–Crippen MR) is 58.9 cm³/mol. The molecule has 4 unspecified atom stereocenters. The van der Waals surface area contributed by atoms with Gasteiger partial charge in [-0.1, -0.05) is 18.9 Å². The van der Waals surface area contributed by atoms with Crippen LogP contribution in [0, 0.1) is 23.7 Å². The van der Waals surface area contributed by atoms with E-state index in [0.29, 0.717) is 12.5 Å². The molecule has 2 aliphatic carbocycles. The first-order chi connectivity index (χ1) is 6.85. The summed E-state index contributed by atoms with van der Waals surface area (Å²) in [7, 11) is 0. The molecule has 2 rings (SSSR count). The molecule has 80 valence electrons. The lowest BCUT2D eigenvalue weighted by Gasteiger charge is -2.42. The van der Waals surface area contributed by atoms with Crippen LogP contribution in [0.15, 0.2) is 12.7 Å². The number of aliphatic hydroxyl groups excluding tert-OH is 1. The van der Waals surface area contributed by atoms with Crippen LogP contribution in [-0.4, -0.2) is 11.7 Å². The second-order valence-electron chi connectivity index (χ2n) is 5.12. The lowest BCUT2D eigenvalue weighted by molar-refractivity contribution is 0.0682. The Morgan fingerprint density at radius 3 is 2.79 bits per heavy atom. The Bertz CT molecular complexity index is 199. The van der Waals surface area contributed by atoms with Gasteiger partial charge in [0.1, 0.15) is 0 Å². The number of allylic oxidation sites excluding steroid dienone is 1. The zero-order valence-corrected chi connectivity index (χ0v) is 8.99. The van der Waals surface area contributed by atoms with Crippen molar-refractivity contribution in [2.45, 2.75) is 38.5 Å². The molecule has 14 heavy (non-hydrogen) atoms. The molecule has 0 aliphatic heterocycles. The average molecular weight is 194 g/mol. The third kappa shape index (κ3) is 1.88. The van der Waals surface area contributed by atoms with Gasteiger partial charge in [-0.3, -0.25) is 0 Å². The molecule has 2 saturated carbocycles. The monoisotopic (exact) mass is 194 g/mol. The van der Waals surface area contributed by atoms with E-state index in [1.807, 2.05) is 0 Å². The van der Waals surface area contributed by atoms with Crippen molar-refractivity contribution in [3.63, 3.8) is 0 Å². The van der Waals surface area contributed by atoms with Gasteiger partial charge in [0.05, 0.1) is 0 Å². The number of rotatable bonds is 2. The van der Waals surface area contributed by atoms with Gasteiger partial charge in [0, 0.05) is 6.61 Å². The molecule has 0 aromatic carbocycles. The maximum absolute atomic E-state index is 9.21. The Hall–Kier alpha value is -0.300. The minimum absolute atomic E-state index is 0.396. The number of hydrogen-bond donors (Lipinski definition) is 1. The summed E-state index contributed by atoms with van der Waals surface area (Å²) in [6, 6.07) is 0.